The number of ketones is 2. The fourth-order valence-electron chi connectivity index (χ4n) is 4.39. The van der Waals surface area contributed by atoms with E-state index in [1.54, 1.807) is 0 Å². The lowest BCUT2D eigenvalue weighted by Gasteiger charge is -2.24. The van der Waals surface area contributed by atoms with Gasteiger partial charge in [-0.2, -0.15) is 0 Å². The number of phenolic OH excluding ortho intramolecular Hbond substituents is 2. The molecule has 1 aliphatic carbocycles. The van der Waals surface area contributed by atoms with E-state index in [0.29, 0.717) is 0 Å². The van der Waals surface area contributed by atoms with Gasteiger partial charge in [0.15, 0.2) is 11.6 Å². The van der Waals surface area contributed by atoms with Gasteiger partial charge < -0.3 is 20.8 Å². The van der Waals surface area contributed by atoms with Crippen LogP contribution in [0.4, 0.5) is 42.9 Å². The van der Waals surface area contributed by atoms with E-state index in [9.17, 15) is 40.0 Å². The summed E-state index contributed by atoms with van der Waals surface area (Å²) in [7, 11) is 0. The van der Waals surface area contributed by atoms with Crippen molar-refractivity contribution in [1.29, 1.82) is 0 Å². The molecule has 0 atom stereocenters. The molecule has 0 amide bonds. The van der Waals surface area contributed by atoms with Crippen LogP contribution >= 0.6 is 0 Å². The van der Waals surface area contributed by atoms with Crippen molar-refractivity contribution in [2.45, 2.75) is 0 Å². The Bertz CT molecular complexity index is 1680. The average Bonchev–Trinajstić information content (AvgIpc) is 2.92. The molecule has 4 aromatic rings. The van der Waals surface area contributed by atoms with Gasteiger partial charge in [-0.05, 0) is 24.3 Å². The first-order chi connectivity index (χ1) is 19.0. The summed E-state index contributed by atoms with van der Waals surface area (Å²) in [4.78, 5) is 48.1. The van der Waals surface area contributed by atoms with Crippen molar-refractivity contribution < 1.29 is 38.4 Å². The molecular formula is C26H14F2N4O8. The molecular weight excluding hydrogens is 534 g/mol. The Morgan fingerprint density at radius 3 is 1.30 bits per heavy atom. The number of carbonyl (C=O) groups is 2. The van der Waals surface area contributed by atoms with Gasteiger partial charge in [0, 0.05) is 12.1 Å². The van der Waals surface area contributed by atoms with E-state index < -0.39 is 89.5 Å². The highest BCUT2D eigenvalue weighted by atomic mass is 19.1. The highest BCUT2D eigenvalue weighted by Crippen LogP contribution is 2.46. The number of benzene rings is 4. The summed E-state index contributed by atoms with van der Waals surface area (Å²) in [6.45, 7) is 0. The van der Waals surface area contributed by atoms with Crippen LogP contribution in [0.2, 0.25) is 0 Å². The molecule has 0 unspecified atom stereocenters. The van der Waals surface area contributed by atoms with Crippen LogP contribution in [0.3, 0.4) is 0 Å². The highest BCUT2D eigenvalue weighted by molar-refractivity contribution is 6.31. The lowest BCUT2D eigenvalue weighted by molar-refractivity contribution is -0.384. The molecule has 1 aliphatic rings. The second kappa shape index (κ2) is 9.43. The minimum atomic E-state index is -1.55. The molecule has 14 heteroatoms. The Kier molecular flexibility index (Phi) is 6.06. The molecule has 4 aromatic carbocycles. The van der Waals surface area contributed by atoms with E-state index in [0.717, 1.165) is 36.4 Å². The number of para-hydroxylation sites is 4. The summed E-state index contributed by atoms with van der Waals surface area (Å²) < 4.78 is 32.5. The van der Waals surface area contributed by atoms with E-state index in [-0.39, 0.29) is 11.4 Å². The standard InChI is InChI=1S/C26H14F2N4O8/c27-21-19-20(26(36)18-16(34)10-9-15(33)17(18)25(19)35)22(28)24(30-12-6-2-4-8-14(12)32(39)40)23(21)29-11-5-1-3-7-13(11)31(37)38/h1-10,29-30,33-34H. The zero-order valence-corrected chi connectivity index (χ0v) is 19.8. The number of carbonyl (C=O) groups excluding carboxylic acids is 2. The SMILES string of the molecule is O=C1c2c(O)ccc(O)c2C(=O)c2c(F)c(Nc3ccccc3[N+](=O)[O-])c(Nc3ccccc3[N+](=O)[O-])c(F)c21. The summed E-state index contributed by atoms with van der Waals surface area (Å²) in [6, 6.07) is 11.6. The van der Waals surface area contributed by atoms with Crippen LogP contribution in [0.5, 0.6) is 11.5 Å². The molecule has 0 spiro atoms. The van der Waals surface area contributed by atoms with Gasteiger partial charge in [0.1, 0.15) is 34.2 Å². The van der Waals surface area contributed by atoms with Gasteiger partial charge in [0.25, 0.3) is 11.4 Å². The molecule has 200 valence electrons. The first-order valence-electron chi connectivity index (χ1n) is 11.2. The van der Waals surface area contributed by atoms with Gasteiger partial charge in [-0.25, -0.2) is 8.78 Å². The number of halogens is 2. The number of nitro benzene ring substituents is 2. The second-order valence-corrected chi connectivity index (χ2v) is 8.44. The van der Waals surface area contributed by atoms with Crippen molar-refractivity contribution in [3.05, 3.63) is 115 Å². The maximum absolute atomic E-state index is 16.2. The van der Waals surface area contributed by atoms with Gasteiger partial charge in [-0.3, -0.25) is 29.8 Å². The predicted octanol–water partition coefficient (Wildman–Crippen LogP) is 5.46. The van der Waals surface area contributed by atoms with Crippen molar-refractivity contribution in [1.82, 2.24) is 0 Å². The number of nitro groups is 2. The largest absolute Gasteiger partial charge is 0.507 e. The van der Waals surface area contributed by atoms with Crippen LogP contribution in [0.1, 0.15) is 31.8 Å². The van der Waals surface area contributed by atoms with Gasteiger partial charge >= 0.3 is 0 Å². The quantitative estimate of drug-likeness (QED) is 0.121. The second-order valence-electron chi connectivity index (χ2n) is 8.44. The Morgan fingerprint density at radius 2 is 0.950 bits per heavy atom. The van der Waals surface area contributed by atoms with Crippen molar-refractivity contribution in [3.8, 4) is 11.5 Å². The number of fused-ring (bicyclic) bond motifs is 2. The van der Waals surface area contributed by atoms with Crippen molar-refractivity contribution in [2.75, 3.05) is 10.6 Å². The van der Waals surface area contributed by atoms with Crippen LogP contribution in [0, 0.1) is 31.9 Å². The number of rotatable bonds is 6. The van der Waals surface area contributed by atoms with Gasteiger partial charge in [-0.15, -0.1) is 0 Å². The third-order valence-corrected chi connectivity index (χ3v) is 6.17. The molecule has 4 N–H and O–H groups in total. The summed E-state index contributed by atoms with van der Waals surface area (Å²) in [5.41, 5.74) is -7.38. The third-order valence-electron chi connectivity index (χ3n) is 6.17. The molecule has 0 aromatic heterocycles. The van der Waals surface area contributed by atoms with E-state index in [1.807, 2.05) is 0 Å². The number of phenols is 2. The van der Waals surface area contributed by atoms with Crippen LogP contribution in [-0.4, -0.2) is 31.6 Å². The minimum Gasteiger partial charge on any atom is -0.507 e. The van der Waals surface area contributed by atoms with Crippen molar-refractivity contribution in [2.24, 2.45) is 0 Å². The van der Waals surface area contributed by atoms with Gasteiger partial charge in [0.05, 0.1) is 32.1 Å². The zero-order chi connectivity index (χ0) is 28.9. The number of nitrogens with one attached hydrogen (secondary N) is 2. The molecule has 12 nitrogen and oxygen atoms in total. The van der Waals surface area contributed by atoms with Crippen LogP contribution in [0.15, 0.2) is 60.7 Å². The molecule has 5 rings (SSSR count). The topological polar surface area (TPSA) is 185 Å². The highest BCUT2D eigenvalue weighted by Gasteiger charge is 2.41. The zero-order valence-electron chi connectivity index (χ0n) is 19.8. The average molecular weight is 548 g/mol. The fraction of sp³-hybridized carbons (Fsp3) is 0. The van der Waals surface area contributed by atoms with Gasteiger partial charge in [0.2, 0.25) is 11.6 Å². The predicted molar refractivity (Wildman–Crippen MR) is 136 cm³/mol. The maximum atomic E-state index is 16.2. The lowest BCUT2D eigenvalue weighted by Crippen LogP contribution is -2.26. The summed E-state index contributed by atoms with van der Waals surface area (Å²) in [5, 5.41) is 48.3. The molecule has 0 saturated carbocycles. The lowest BCUT2D eigenvalue weighted by atomic mass is 9.81. The minimum absolute atomic E-state index is 0.341. The first kappa shape index (κ1) is 25.7. The summed E-state index contributed by atoms with van der Waals surface area (Å²) in [6.07, 6.45) is 0. The van der Waals surface area contributed by atoms with Crippen molar-refractivity contribution >= 4 is 45.7 Å². The molecule has 0 bridgehead atoms. The molecule has 0 aliphatic heterocycles. The molecule has 0 radical (unpaired) electrons. The number of hydrogen-bond donors (Lipinski definition) is 4. The van der Waals surface area contributed by atoms with Crippen LogP contribution in [0.25, 0.3) is 0 Å². The van der Waals surface area contributed by atoms with E-state index in [1.165, 1.54) is 24.3 Å². The molecule has 0 heterocycles. The fourth-order valence-corrected chi connectivity index (χ4v) is 4.39. The smallest absolute Gasteiger partial charge is 0.292 e. The maximum Gasteiger partial charge on any atom is 0.292 e. The summed E-state index contributed by atoms with van der Waals surface area (Å²) >= 11 is 0. The Balaban J connectivity index is 1.82. The van der Waals surface area contributed by atoms with Crippen LogP contribution in [-0.2, 0) is 0 Å². The molecule has 0 saturated heterocycles. The third kappa shape index (κ3) is 3.91. The van der Waals surface area contributed by atoms with E-state index in [2.05, 4.69) is 10.6 Å². The van der Waals surface area contributed by atoms with E-state index in [4.69, 9.17) is 0 Å². The molecule has 40 heavy (non-hydrogen) atoms. The number of aromatic hydroxyl groups is 2. The normalized spacial score (nSPS) is 11.9. The Morgan fingerprint density at radius 1 is 0.600 bits per heavy atom. The first-order valence-corrected chi connectivity index (χ1v) is 11.2. The number of nitrogens with zero attached hydrogens (tertiary/aromatic N) is 2. The Hall–Kier alpha value is -5.92. The van der Waals surface area contributed by atoms with Crippen LogP contribution < -0.4 is 10.6 Å². The Labute approximate surface area is 221 Å². The molecule has 0 fully saturated rings. The van der Waals surface area contributed by atoms with E-state index >= 15 is 8.78 Å². The van der Waals surface area contributed by atoms with Gasteiger partial charge in [-0.1, -0.05) is 24.3 Å². The number of hydrogen-bond acceptors (Lipinski definition) is 10. The van der Waals surface area contributed by atoms with Crippen molar-refractivity contribution in [3.63, 3.8) is 0 Å². The monoisotopic (exact) mass is 548 g/mol. The number of anilines is 4. The summed E-state index contributed by atoms with van der Waals surface area (Å²) in [5.74, 6) is -7.38.